The first-order chi connectivity index (χ1) is 13.2. The van der Waals surface area contributed by atoms with Crippen LogP contribution < -0.4 is 4.31 Å². The van der Waals surface area contributed by atoms with Crippen molar-refractivity contribution in [2.75, 3.05) is 4.31 Å². The maximum Gasteiger partial charge on any atom is 0.269 e. The fourth-order valence-electron chi connectivity index (χ4n) is 2.59. The van der Waals surface area contributed by atoms with Gasteiger partial charge in [0.25, 0.3) is 5.69 Å². The van der Waals surface area contributed by atoms with Gasteiger partial charge in [-0.1, -0.05) is 12.1 Å². The van der Waals surface area contributed by atoms with Crippen LogP contribution in [0.1, 0.15) is 16.3 Å². The number of nitro benzene ring substituents is 1. The predicted octanol–water partition coefficient (Wildman–Crippen LogP) is 4.04. The van der Waals surface area contributed by atoms with Crippen molar-refractivity contribution in [3.63, 3.8) is 0 Å². The quantitative estimate of drug-likeness (QED) is 0.424. The largest absolute Gasteiger partial charge is 0.269 e. The third kappa shape index (κ3) is 4.70. The number of hydrogen-bond acceptors (Lipinski definition) is 6. The molecule has 0 aliphatic rings. The summed E-state index contributed by atoms with van der Waals surface area (Å²) in [5.41, 5.74) is 1.19. The van der Waals surface area contributed by atoms with Crippen molar-refractivity contribution in [2.24, 2.45) is 0 Å². The molecule has 7 nitrogen and oxygen atoms in total. The number of rotatable bonds is 7. The van der Waals surface area contributed by atoms with E-state index in [9.17, 15) is 22.9 Å². The summed E-state index contributed by atoms with van der Waals surface area (Å²) in [6.45, 7) is 1.83. The van der Waals surface area contributed by atoms with E-state index in [1.165, 1.54) is 64.2 Å². The first kappa shape index (κ1) is 19.9. The molecular weight excluding hydrogens is 405 g/mol. The van der Waals surface area contributed by atoms with E-state index < -0.39 is 20.8 Å². The highest BCUT2D eigenvalue weighted by atomic mass is 32.2. The molecule has 0 N–H and O–H groups in total. The lowest BCUT2D eigenvalue weighted by atomic mass is 10.2. The molecule has 3 aromatic rings. The Kier molecular flexibility index (Phi) is 5.71. The highest BCUT2D eigenvalue weighted by Gasteiger charge is 2.24. The second kappa shape index (κ2) is 8.03. The SMILES string of the molecule is Cc1nc(CN(c2ccc(F)cc2)S(=O)(=O)Cc2ccc([N+](=O)[O-])cc2)cs1. The standard InChI is InChI=1S/C18H16FN3O4S2/c1-13-20-16(11-27-13)10-21(17-8-4-15(19)5-9-17)28(25,26)12-14-2-6-18(7-3-14)22(23)24/h2-9,11H,10,12H2,1H3. The lowest BCUT2D eigenvalue weighted by Crippen LogP contribution is -2.31. The number of thiazole rings is 1. The highest BCUT2D eigenvalue weighted by Crippen LogP contribution is 2.25. The van der Waals surface area contributed by atoms with E-state index in [2.05, 4.69) is 4.98 Å². The molecule has 0 spiro atoms. The van der Waals surface area contributed by atoms with E-state index in [-0.39, 0.29) is 18.0 Å². The van der Waals surface area contributed by atoms with Crippen LogP contribution >= 0.6 is 11.3 Å². The van der Waals surface area contributed by atoms with Crippen LogP contribution in [0, 0.1) is 22.9 Å². The van der Waals surface area contributed by atoms with E-state index in [4.69, 9.17) is 0 Å². The first-order valence-electron chi connectivity index (χ1n) is 8.15. The van der Waals surface area contributed by atoms with Gasteiger partial charge in [0, 0.05) is 17.5 Å². The molecule has 2 aromatic carbocycles. The molecule has 10 heteroatoms. The summed E-state index contributed by atoms with van der Waals surface area (Å²) in [7, 11) is -3.86. The Morgan fingerprint density at radius 1 is 1.14 bits per heavy atom. The molecule has 28 heavy (non-hydrogen) atoms. The minimum Gasteiger partial charge on any atom is -0.264 e. The summed E-state index contributed by atoms with van der Waals surface area (Å²) >= 11 is 1.41. The summed E-state index contributed by atoms with van der Waals surface area (Å²) in [5, 5.41) is 13.3. The number of halogens is 1. The average molecular weight is 421 g/mol. The van der Waals surface area contributed by atoms with Gasteiger partial charge < -0.3 is 0 Å². The number of nitro groups is 1. The van der Waals surface area contributed by atoms with Crippen LogP contribution in [-0.4, -0.2) is 18.3 Å². The normalized spacial score (nSPS) is 11.4. The van der Waals surface area contributed by atoms with Gasteiger partial charge in [-0.25, -0.2) is 17.8 Å². The van der Waals surface area contributed by atoms with Crippen LogP contribution in [0.4, 0.5) is 15.8 Å². The van der Waals surface area contributed by atoms with E-state index in [0.29, 0.717) is 16.9 Å². The van der Waals surface area contributed by atoms with Gasteiger partial charge >= 0.3 is 0 Å². The van der Waals surface area contributed by atoms with Gasteiger partial charge in [0.15, 0.2) is 0 Å². The van der Waals surface area contributed by atoms with Gasteiger partial charge in [0.2, 0.25) is 10.0 Å². The summed E-state index contributed by atoms with van der Waals surface area (Å²) in [4.78, 5) is 14.5. The summed E-state index contributed by atoms with van der Waals surface area (Å²) in [5.74, 6) is -0.827. The molecule has 0 bridgehead atoms. The number of aromatic nitrogens is 1. The Bertz CT molecular complexity index is 1080. The van der Waals surface area contributed by atoms with Crippen molar-refractivity contribution in [1.29, 1.82) is 0 Å². The van der Waals surface area contributed by atoms with Crippen LogP contribution in [0.3, 0.4) is 0 Å². The Labute approximate surface area is 165 Å². The molecule has 0 saturated carbocycles. The second-order valence-corrected chi connectivity index (χ2v) is 8.98. The maximum atomic E-state index is 13.3. The zero-order chi connectivity index (χ0) is 20.3. The highest BCUT2D eigenvalue weighted by molar-refractivity contribution is 7.92. The molecule has 0 radical (unpaired) electrons. The zero-order valence-corrected chi connectivity index (χ0v) is 16.4. The molecule has 0 amide bonds. The number of hydrogen-bond donors (Lipinski definition) is 0. The number of non-ortho nitro benzene ring substituents is 1. The summed E-state index contributed by atoms with van der Waals surface area (Å²) < 4.78 is 40.6. The Morgan fingerprint density at radius 3 is 2.32 bits per heavy atom. The second-order valence-electron chi connectivity index (χ2n) is 6.02. The van der Waals surface area contributed by atoms with Crippen LogP contribution in [-0.2, 0) is 22.3 Å². The van der Waals surface area contributed by atoms with Crippen molar-refractivity contribution in [3.8, 4) is 0 Å². The molecule has 0 saturated heterocycles. The van der Waals surface area contributed by atoms with Crippen LogP contribution in [0.15, 0.2) is 53.9 Å². The zero-order valence-electron chi connectivity index (χ0n) is 14.8. The van der Waals surface area contributed by atoms with Gasteiger partial charge in [-0.2, -0.15) is 0 Å². The van der Waals surface area contributed by atoms with E-state index >= 15 is 0 Å². The molecular formula is C18H16FN3O4S2. The number of sulfonamides is 1. The number of benzene rings is 2. The molecule has 146 valence electrons. The molecule has 1 heterocycles. The van der Waals surface area contributed by atoms with Gasteiger partial charge in [-0.3, -0.25) is 14.4 Å². The Hall–Kier alpha value is -2.85. The topological polar surface area (TPSA) is 93.4 Å². The van der Waals surface area contributed by atoms with E-state index in [1.807, 2.05) is 6.92 Å². The van der Waals surface area contributed by atoms with Gasteiger partial charge in [-0.05, 0) is 36.8 Å². The number of anilines is 1. The molecule has 0 fully saturated rings. The number of nitrogens with zero attached hydrogens (tertiary/aromatic N) is 3. The Morgan fingerprint density at radius 2 is 1.79 bits per heavy atom. The lowest BCUT2D eigenvalue weighted by molar-refractivity contribution is -0.384. The average Bonchev–Trinajstić information content (AvgIpc) is 3.06. The third-order valence-corrected chi connectivity index (χ3v) is 6.45. The van der Waals surface area contributed by atoms with Gasteiger partial charge in [0.05, 0.1) is 33.6 Å². The molecule has 0 aliphatic carbocycles. The van der Waals surface area contributed by atoms with Crippen molar-refractivity contribution in [1.82, 2.24) is 4.98 Å². The smallest absolute Gasteiger partial charge is 0.264 e. The third-order valence-electron chi connectivity index (χ3n) is 3.92. The van der Waals surface area contributed by atoms with Crippen molar-refractivity contribution < 1.29 is 17.7 Å². The monoisotopic (exact) mass is 421 g/mol. The fourth-order valence-corrected chi connectivity index (χ4v) is 4.73. The van der Waals surface area contributed by atoms with Crippen LogP contribution in [0.5, 0.6) is 0 Å². The molecule has 0 atom stereocenters. The lowest BCUT2D eigenvalue weighted by Gasteiger charge is -2.24. The predicted molar refractivity (Wildman–Crippen MR) is 105 cm³/mol. The van der Waals surface area contributed by atoms with Crippen LogP contribution in [0.25, 0.3) is 0 Å². The molecule has 0 unspecified atom stereocenters. The fraction of sp³-hybridized carbons (Fsp3) is 0.167. The Balaban J connectivity index is 1.92. The van der Waals surface area contributed by atoms with Crippen molar-refractivity contribution >= 4 is 32.7 Å². The summed E-state index contributed by atoms with van der Waals surface area (Å²) in [6, 6.07) is 10.5. The minimum atomic E-state index is -3.86. The van der Waals surface area contributed by atoms with Gasteiger partial charge in [-0.15, -0.1) is 11.3 Å². The molecule has 0 aliphatic heterocycles. The summed E-state index contributed by atoms with van der Waals surface area (Å²) in [6.07, 6.45) is 0. The maximum absolute atomic E-state index is 13.3. The van der Waals surface area contributed by atoms with E-state index in [1.54, 1.807) is 5.38 Å². The van der Waals surface area contributed by atoms with Crippen molar-refractivity contribution in [2.45, 2.75) is 19.2 Å². The molecule has 1 aromatic heterocycles. The van der Waals surface area contributed by atoms with Crippen molar-refractivity contribution in [3.05, 3.63) is 86.1 Å². The van der Waals surface area contributed by atoms with E-state index in [0.717, 1.165) is 5.01 Å². The van der Waals surface area contributed by atoms with Gasteiger partial charge in [0.1, 0.15) is 5.82 Å². The minimum absolute atomic E-state index is 0.00525. The number of aryl methyl sites for hydroxylation is 1. The first-order valence-corrected chi connectivity index (χ1v) is 10.6. The molecule has 3 rings (SSSR count). The van der Waals surface area contributed by atoms with Crippen LogP contribution in [0.2, 0.25) is 0 Å².